The average molecular weight is 430 g/mol. The number of carboxylic acid groups (broad SMARTS) is 1. The molecule has 0 radical (unpaired) electrons. The Morgan fingerprint density at radius 1 is 1.27 bits per heavy atom. The van der Waals surface area contributed by atoms with Crippen molar-refractivity contribution in [2.24, 2.45) is 0 Å². The number of carboxylic acids is 1. The summed E-state index contributed by atoms with van der Waals surface area (Å²) in [5.74, 6) is -0.840. The monoisotopic (exact) mass is 429 g/mol. The third-order valence-corrected chi connectivity index (χ3v) is 4.99. The van der Waals surface area contributed by atoms with Crippen LogP contribution in [0, 0.1) is 5.82 Å². The summed E-state index contributed by atoms with van der Waals surface area (Å²) in [7, 11) is 0. The number of hydrogen-bond acceptors (Lipinski definition) is 7. The number of carbonyl (C=O) groups is 1. The van der Waals surface area contributed by atoms with Crippen LogP contribution < -0.4 is 10.2 Å². The first kappa shape index (κ1) is 20.0. The number of aromatic nitrogens is 3. The van der Waals surface area contributed by atoms with Crippen LogP contribution in [0.25, 0.3) is 11.1 Å². The quantitative estimate of drug-likeness (QED) is 0.566. The average Bonchev–Trinajstić information content (AvgIpc) is 3.17. The topological polar surface area (TPSA) is 111 Å². The van der Waals surface area contributed by atoms with Crippen LogP contribution in [-0.4, -0.2) is 50.3 Å². The minimum Gasteiger partial charge on any atom is -0.478 e. The number of nitrogens with zero attached hydrogens (tertiary/aromatic N) is 4. The summed E-state index contributed by atoms with van der Waals surface area (Å²) in [4.78, 5) is 26.1. The van der Waals surface area contributed by atoms with E-state index < -0.39 is 17.9 Å². The Kier molecular flexibility index (Phi) is 5.47. The van der Waals surface area contributed by atoms with E-state index in [1.165, 1.54) is 36.7 Å². The Morgan fingerprint density at radius 3 is 2.80 bits per heavy atom. The van der Waals surface area contributed by atoms with Crippen LogP contribution in [0.1, 0.15) is 16.8 Å². The van der Waals surface area contributed by atoms with E-state index in [1.54, 1.807) is 6.20 Å². The first-order valence-corrected chi connectivity index (χ1v) is 9.49. The van der Waals surface area contributed by atoms with Gasteiger partial charge in [0.2, 0.25) is 5.95 Å². The van der Waals surface area contributed by atoms with Gasteiger partial charge >= 0.3 is 5.97 Å². The number of aromatic carboxylic acids is 1. The van der Waals surface area contributed by atoms with Gasteiger partial charge in [-0.15, -0.1) is 0 Å². The number of halogens is 2. The Morgan fingerprint density at radius 2 is 2.10 bits per heavy atom. The molecule has 3 N–H and O–H groups in total. The summed E-state index contributed by atoms with van der Waals surface area (Å²) in [6.07, 6.45) is 4.47. The summed E-state index contributed by atoms with van der Waals surface area (Å²) >= 11 is 5.83. The Bertz CT molecular complexity index is 1110. The maximum absolute atomic E-state index is 13.4. The molecule has 1 unspecified atom stereocenters. The van der Waals surface area contributed by atoms with Crippen LogP contribution >= 0.6 is 11.6 Å². The molecule has 1 saturated heterocycles. The van der Waals surface area contributed by atoms with Crippen molar-refractivity contribution in [3.8, 4) is 11.1 Å². The Labute approximate surface area is 176 Å². The molecule has 1 fully saturated rings. The van der Waals surface area contributed by atoms with Gasteiger partial charge in [-0.1, -0.05) is 11.6 Å². The van der Waals surface area contributed by atoms with Crippen LogP contribution in [0.3, 0.4) is 0 Å². The summed E-state index contributed by atoms with van der Waals surface area (Å²) < 4.78 is 13.4. The minimum absolute atomic E-state index is 0.0314. The lowest BCUT2D eigenvalue weighted by atomic mass is 10.1. The van der Waals surface area contributed by atoms with E-state index >= 15 is 0 Å². The van der Waals surface area contributed by atoms with Crippen molar-refractivity contribution in [3.63, 3.8) is 0 Å². The number of aliphatic hydroxyl groups is 1. The van der Waals surface area contributed by atoms with Crippen molar-refractivity contribution in [2.75, 3.05) is 23.3 Å². The van der Waals surface area contributed by atoms with Gasteiger partial charge in [-0.25, -0.2) is 14.2 Å². The molecule has 0 spiro atoms. The van der Waals surface area contributed by atoms with Gasteiger partial charge in [-0.3, -0.25) is 4.98 Å². The number of hydrogen-bond donors (Lipinski definition) is 3. The maximum atomic E-state index is 13.4. The summed E-state index contributed by atoms with van der Waals surface area (Å²) in [6, 6.07) is 5.67. The molecule has 1 aromatic carbocycles. The number of aliphatic hydroxyl groups excluding tert-OH is 1. The van der Waals surface area contributed by atoms with E-state index in [1.807, 2.05) is 4.90 Å². The largest absolute Gasteiger partial charge is 0.478 e. The standard InChI is InChI=1S/C20H17ClFN5O3/c21-16-6-13(1-2-17(16)22)25-20-24-9-15(11-5-12(19(29)30)8-23-7-11)18(26-20)27-4-3-14(28)10-27/h1-2,5-9,14,28H,3-4,10H2,(H,29,30)(H,24,25,26). The normalized spacial score (nSPS) is 16.0. The fraction of sp³-hybridized carbons (Fsp3) is 0.200. The number of rotatable bonds is 5. The number of nitrogens with one attached hydrogen (secondary N) is 1. The summed E-state index contributed by atoms with van der Waals surface area (Å²) in [5.41, 5.74) is 1.68. The van der Waals surface area contributed by atoms with Crippen molar-refractivity contribution in [2.45, 2.75) is 12.5 Å². The van der Waals surface area contributed by atoms with Crippen LogP contribution in [0.2, 0.25) is 5.02 Å². The van der Waals surface area contributed by atoms with E-state index in [2.05, 4.69) is 20.3 Å². The second-order valence-corrected chi connectivity index (χ2v) is 7.25. The van der Waals surface area contributed by atoms with Gasteiger partial charge < -0.3 is 20.4 Å². The summed E-state index contributed by atoms with van der Waals surface area (Å²) in [5, 5.41) is 22.2. The molecular weight excluding hydrogens is 413 g/mol. The second-order valence-electron chi connectivity index (χ2n) is 6.84. The lowest BCUT2D eigenvalue weighted by Crippen LogP contribution is -2.23. The van der Waals surface area contributed by atoms with E-state index in [4.69, 9.17) is 11.6 Å². The number of benzene rings is 1. The molecule has 0 aliphatic carbocycles. The molecule has 1 aliphatic rings. The van der Waals surface area contributed by atoms with Gasteiger partial charge in [0.25, 0.3) is 0 Å². The summed E-state index contributed by atoms with van der Waals surface area (Å²) in [6.45, 7) is 0.969. The molecule has 3 heterocycles. The first-order valence-electron chi connectivity index (χ1n) is 9.11. The molecule has 1 atom stereocenters. The van der Waals surface area contributed by atoms with Crippen LogP contribution in [0.4, 0.5) is 21.8 Å². The molecule has 0 saturated carbocycles. The van der Waals surface area contributed by atoms with Gasteiger partial charge in [0.15, 0.2) is 0 Å². The highest BCUT2D eigenvalue weighted by Gasteiger charge is 2.25. The lowest BCUT2D eigenvalue weighted by Gasteiger charge is -2.21. The zero-order valence-electron chi connectivity index (χ0n) is 15.6. The predicted octanol–water partition coefficient (Wildman–Crippen LogP) is 3.34. The van der Waals surface area contributed by atoms with Crippen molar-refractivity contribution >= 4 is 35.0 Å². The van der Waals surface area contributed by atoms with E-state index in [9.17, 15) is 19.4 Å². The van der Waals surface area contributed by atoms with Gasteiger partial charge in [0.05, 0.1) is 16.7 Å². The number of pyridine rings is 1. The van der Waals surface area contributed by atoms with Crippen LogP contribution in [0.15, 0.2) is 42.9 Å². The molecule has 10 heteroatoms. The molecule has 0 bridgehead atoms. The Balaban J connectivity index is 1.74. The molecule has 154 valence electrons. The SMILES string of the molecule is O=C(O)c1cncc(-c2cnc(Nc3ccc(F)c(Cl)c3)nc2N2CCC(O)C2)c1. The fourth-order valence-electron chi connectivity index (χ4n) is 3.22. The fourth-order valence-corrected chi connectivity index (χ4v) is 3.40. The van der Waals surface area contributed by atoms with Crippen molar-refractivity contribution < 1.29 is 19.4 Å². The molecule has 30 heavy (non-hydrogen) atoms. The predicted molar refractivity (Wildman–Crippen MR) is 110 cm³/mol. The minimum atomic E-state index is -1.09. The zero-order valence-corrected chi connectivity index (χ0v) is 16.3. The first-order chi connectivity index (χ1) is 14.4. The van der Waals surface area contributed by atoms with Crippen molar-refractivity contribution in [1.82, 2.24) is 15.0 Å². The second kappa shape index (κ2) is 8.21. The van der Waals surface area contributed by atoms with Crippen LogP contribution in [0.5, 0.6) is 0 Å². The highest BCUT2D eigenvalue weighted by atomic mass is 35.5. The van der Waals surface area contributed by atoms with E-state index in [-0.39, 0.29) is 16.5 Å². The molecule has 2 aromatic heterocycles. The van der Waals surface area contributed by atoms with Crippen molar-refractivity contribution in [1.29, 1.82) is 0 Å². The third-order valence-electron chi connectivity index (χ3n) is 4.70. The Hall–Kier alpha value is -3.30. The lowest BCUT2D eigenvalue weighted by molar-refractivity contribution is 0.0696. The number of anilines is 3. The molecule has 8 nitrogen and oxygen atoms in total. The van der Waals surface area contributed by atoms with E-state index in [0.717, 1.165) is 0 Å². The van der Waals surface area contributed by atoms with Gasteiger partial charge in [0.1, 0.15) is 11.6 Å². The van der Waals surface area contributed by atoms with Gasteiger partial charge in [-0.2, -0.15) is 4.98 Å². The van der Waals surface area contributed by atoms with Crippen LogP contribution in [-0.2, 0) is 0 Å². The van der Waals surface area contributed by atoms with Gasteiger partial charge in [0, 0.05) is 48.5 Å². The molecule has 4 rings (SSSR count). The third kappa shape index (κ3) is 4.17. The van der Waals surface area contributed by atoms with Crippen molar-refractivity contribution in [3.05, 3.63) is 59.3 Å². The van der Waals surface area contributed by atoms with Gasteiger partial charge in [-0.05, 0) is 30.7 Å². The maximum Gasteiger partial charge on any atom is 0.337 e. The number of β-amino-alcohol motifs (C(OH)–C–C–N with tert-alkyl or cyclic N) is 1. The molecule has 1 aliphatic heterocycles. The molecule has 3 aromatic rings. The highest BCUT2D eigenvalue weighted by molar-refractivity contribution is 6.31. The van der Waals surface area contributed by atoms with E-state index in [0.29, 0.717) is 42.1 Å². The molecule has 0 amide bonds. The highest BCUT2D eigenvalue weighted by Crippen LogP contribution is 2.32. The molecular formula is C20H17ClFN5O3. The zero-order chi connectivity index (χ0) is 21.3. The smallest absolute Gasteiger partial charge is 0.337 e.